The van der Waals surface area contributed by atoms with Crippen LogP contribution < -0.4 is 5.32 Å². The van der Waals surface area contributed by atoms with Crippen molar-refractivity contribution in [2.45, 2.75) is 26.7 Å². The Balaban J connectivity index is 3.24. The fourth-order valence-corrected chi connectivity index (χ4v) is 1.69. The van der Waals surface area contributed by atoms with E-state index in [0.29, 0.717) is 0 Å². The van der Waals surface area contributed by atoms with E-state index in [1.807, 2.05) is 11.8 Å². The van der Waals surface area contributed by atoms with Crippen molar-refractivity contribution in [3.05, 3.63) is 0 Å². The van der Waals surface area contributed by atoms with Crippen molar-refractivity contribution in [3.8, 4) is 0 Å². The molecular formula is C11H26N2S. The van der Waals surface area contributed by atoms with E-state index < -0.39 is 0 Å². The minimum atomic E-state index is 1.14. The maximum Gasteiger partial charge on any atom is 0.0107 e. The lowest BCUT2D eigenvalue weighted by Crippen LogP contribution is -2.33. The van der Waals surface area contributed by atoms with Gasteiger partial charge in [0.15, 0.2) is 0 Å². The Morgan fingerprint density at radius 2 is 1.93 bits per heavy atom. The molecule has 0 fully saturated rings. The Kier molecular flexibility index (Phi) is 11.6. The smallest absolute Gasteiger partial charge is 0.0107 e. The Morgan fingerprint density at radius 1 is 1.14 bits per heavy atom. The van der Waals surface area contributed by atoms with Crippen LogP contribution in [0.1, 0.15) is 26.7 Å². The summed E-state index contributed by atoms with van der Waals surface area (Å²) in [4.78, 5) is 2.52. The van der Waals surface area contributed by atoms with Crippen LogP contribution in [0.5, 0.6) is 0 Å². The first kappa shape index (κ1) is 14.3. The lowest BCUT2D eigenvalue weighted by molar-refractivity contribution is 0.283. The molecule has 1 N–H and O–H groups in total. The zero-order valence-corrected chi connectivity index (χ0v) is 10.8. The second kappa shape index (κ2) is 11.3. The largest absolute Gasteiger partial charge is 0.315 e. The number of nitrogens with one attached hydrogen (secondary N) is 1. The monoisotopic (exact) mass is 218 g/mol. The molecule has 86 valence electrons. The van der Waals surface area contributed by atoms with Crippen molar-refractivity contribution in [1.82, 2.24) is 10.2 Å². The van der Waals surface area contributed by atoms with Crippen molar-refractivity contribution in [2.24, 2.45) is 0 Å². The van der Waals surface area contributed by atoms with E-state index in [1.54, 1.807) is 0 Å². The van der Waals surface area contributed by atoms with Gasteiger partial charge in [-0.25, -0.2) is 0 Å². The third kappa shape index (κ3) is 8.85. The molecule has 0 aliphatic rings. The standard InChI is InChI=1S/C11H26N2S/c1-4-6-9-13(5-2)10-7-12-8-11-14-3/h12H,4-11H2,1-3H3. The van der Waals surface area contributed by atoms with Crippen LogP contribution >= 0.6 is 11.8 Å². The second-order valence-electron chi connectivity index (χ2n) is 3.53. The third-order valence-corrected chi connectivity index (χ3v) is 2.98. The topological polar surface area (TPSA) is 15.3 Å². The van der Waals surface area contributed by atoms with Gasteiger partial charge in [-0.15, -0.1) is 0 Å². The molecule has 0 aromatic rings. The summed E-state index contributed by atoms with van der Waals surface area (Å²) in [6.07, 6.45) is 4.79. The van der Waals surface area contributed by atoms with Gasteiger partial charge in [0.2, 0.25) is 0 Å². The van der Waals surface area contributed by atoms with E-state index in [2.05, 4.69) is 30.3 Å². The molecule has 0 aromatic heterocycles. The normalized spacial score (nSPS) is 11.1. The Morgan fingerprint density at radius 3 is 2.50 bits per heavy atom. The zero-order chi connectivity index (χ0) is 10.6. The van der Waals surface area contributed by atoms with Gasteiger partial charge in [-0.3, -0.25) is 0 Å². The van der Waals surface area contributed by atoms with Gasteiger partial charge in [0.1, 0.15) is 0 Å². The summed E-state index contributed by atoms with van der Waals surface area (Å²) in [7, 11) is 0. The number of hydrogen-bond donors (Lipinski definition) is 1. The van der Waals surface area contributed by atoms with Gasteiger partial charge >= 0.3 is 0 Å². The summed E-state index contributed by atoms with van der Waals surface area (Å²) >= 11 is 1.90. The number of unbranched alkanes of at least 4 members (excludes halogenated alkanes) is 1. The van der Waals surface area contributed by atoms with E-state index in [1.165, 1.54) is 38.2 Å². The molecule has 0 atom stereocenters. The van der Waals surface area contributed by atoms with E-state index in [9.17, 15) is 0 Å². The molecule has 0 aliphatic heterocycles. The van der Waals surface area contributed by atoms with Gasteiger partial charge < -0.3 is 10.2 Å². The van der Waals surface area contributed by atoms with Gasteiger partial charge in [0.05, 0.1) is 0 Å². The van der Waals surface area contributed by atoms with Crippen LogP contribution in [0.2, 0.25) is 0 Å². The van der Waals surface area contributed by atoms with E-state index in [0.717, 1.165) is 13.1 Å². The minimum Gasteiger partial charge on any atom is -0.315 e. The first-order chi connectivity index (χ1) is 6.85. The fourth-order valence-electron chi connectivity index (χ4n) is 1.35. The van der Waals surface area contributed by atoms with Crippen molar-refractivity contribution in [3.63, 3.8) is 0 Å². The summed E-state index contributed by atoms with van der Waals surface area (Å²) in [5, 5.41) is 3.47. The van der Waals surface area contributed by atoms with Gasteiger partial charge in [-0.05, 0) is 25.8 Å². The lowest BCUT2D eigenvalue weighted by Gasteiger charge is -2.20. The maximum absolute atomic E-state index is 3.47. The highest BCUT2D eigenvalue weighted by molar-refractivity contribution is 7.98. The minimum absolute atomic E-state index is 1.14. The van der Waals surface area contributed by atoms with E-state index in [4.69, 9.17) is 0 Å². The molecule has 2 nitrogen and oxygen atoms in total. The average Bonchev–Trinajstić information content (AvgIpc) is 2.22. The first-order valence-corrected chi connectivity index (χ1v) is 7.16. The number of hydrogen-bond acceptors (Lipinski definition) is 3. The summed E-state index contributed by atoms with van der Waals surface area (Å²) in [5.74, 6) is 1.22. The summed E-state index contributed by atoms with van der Waals surface area (Å²) < 4.78 is 0. The van der Waals surface area contributed by atoms with Gasteiger partial charge in [0.25, 0.3) is 0 Å². The quantitative estimate of drug-likeness (QED) is 0.565. The Labute approximate surface area is 93.8 Å². The number of thioether (sulfide) groups is 1. The first-order valence-electron chi connectivity index (χ1n) is 5.77. The predicted molar refractivity (Wildman–Crippen MR) is 68.3 cm³/mol. The zero-order valence-electron chi connectivity index (χ0n) is 10.0. The highest BCUT2D eigenvalue weighted by Gasteiger charge is 1.99. The van der Waals surface area contributed by atoms with E-state index in [-0.39, 0.29) is 0 Å². The number of likely N-dealkylation sites (N-methyl/N-ethyl adjacent to an activating group) is 1. The molecule has 0 aromatic carbocycles. The number of rotatable bonds is 10. The summed E-state index contributed by atoms with van der Waals surface area (Å²) in [6.45, 7) is 10.4. The molecule has 3 heteroatoms. The maximum atomic E-state index is 3.47. The molecule has 0 saturated heterocycles. The lowest BCUT2D eigenvalue weighted by atomic mass is 10.3. The molecule has 0 unspecified atom stereocenters. The average molecular weight is 218 g/mol. The third-order valence-electron chi connectivity index (χ3n) is 2.36. The SMILES string of the molecule is CCCCN(CC)CCNCCSC. The van der Waals surface area contributed by atoms with Crippen LogP contribution in [-0.4, -0.2) is 49.6 Å². The summed E-state index contributed by atoms with van der Waals surface area (Å²) in [5.41, 5.74) is 0. The summed E-state index contributed by atoms with van der Waals surface area (Å²) in [6, 6.07) is 0. The molecule has 0 spiro atoms. The van der Waals surface area contributed by atoms with Crippen LogP contribution in [-0.2, 0) is 0 Å². The molecule has 0 amide bonds. The molecule has 0 radical (unpaired) electrons. The second-order valence-corrected chi connectivity index (χ2v) is 4.52. The van der Waals surface area contributed by atoms with Crippen molar-refractivity contribution >= 4 is 11.8 Å². The van der Waals surface area contributed by atoms with Gasteiger partial charge in [-0.1, -0.05) is 20.3 Å². The molecule has 0 saturated carbocycles. The number of nitrogens with zero attached hydrogens (tertiary/aromatic N) is 1. The Bertz CT molecular complexity index is 109. The molecular weight excluding hydrogens is 192 g/mol. The van der Waals surface area contributed by atoms with Crippen molar-refractivity contribution in [2.75, 3.05) is 44.7 Å². The highest BCUT2D eigenvalue weighted by atomic mass is 32.2. The molecule has 0 heterocycles. The Hall–Kier alpha value is 0.270. The van der Waals surface area contributed by atoms with Crippen molar-refractivity contribution in [1.29, 1.82) is 0 Å². The van der Waals surface area contributed by atoms with Crippen molar-refractivity contribution < 1.29 is 0 Å². The van der Waals surface area contributed by atoms with Gasteiger partial charge in [-0.2, -0.15) is 11.8 Å². The van der Waals surface area contributed by atoms with Gasteiger partial charge in [0, 0.05) is 25.4 Å². The van der Waals surface area contributed by atoms with Crippen LogP contribution in [0.25, 0.3) is 0 Å². The fraction of sp³-hybridized carbons (Fsp3) is 1.00. The van der Waals surface area contributed by atoms with Crippen LogP contribution in [0.3, 0.4) is 0 Å². The molecule has 0 rings (SSSR count). The van der Waals surface area contributed by atoms with Crippen LogP contribution in [0.4, 0.5) is 0 Å². The van der Waals surface area contributed by atoms with E-state index >= 15 is 0 Å². The van der Waals surface area contributed by atoms with Crippen LogP contribution in [0.15, 0.2) is 0 Å². The predicted octanol–water partition coefficient (Wildman–Crippen LogP) is 2.06. The molecule has 14 heavy (non-hydrogen) atoms. The molecule has 0 bridgehead atoms. The highest BCUT2D eigenvalue weighted by Crippen LogP contribution is 1.93. The van der Waals surface area contributed by atoms with Crippen LogP contribution in [0, 0.1) is 0 Å². The molecule has 0 aliphatic carbocycles.